The van der Waals surface area contributed by atoms with E-state index in [1.165, 1.54) is 6.26 Å². The average molecular weight is 283 g/mol. The highest BCUT2D eigenvalue weighted by atomic mass is 32.1. The van der Waals surface area contributed by atoms with Crippen LogP contribution in [0.3, 0.4) is 0 Å². The summed E-state index contributed by atoms with van der Waals surface area (Å²) in [5, 5.41) is 5.51. The fraction of sp³-hybridized carbons (Fsp3) is 0.500. The second-order valence-electron chi connectivity index (χ2n) is 4.30. The molecular formula is C12H17N3O3S. The lowest BCUT2D eigenvalue weighted by molar-refractivity contribution is -0.124. The molecule has 0 spiro atoms. The molecule has 1 aliphatic rings. The van der Waals surface area contributed by atoms with Gasteiger partial charge in [-0.1, -0.05) is 0 Å². The molecule has 104 valence electrons. The Labute approximate surface area is 116 Å². The summed E-state index contributed by atoms with van der Waals surface area (Å²) < 4.78 is 5.35. The molecule has 6 nitrogen and oxygen atoms in total. The minimum absolute atomic E-state index is 0.00104. The predicted octanol–water partition coefficient (Wildman–Crippen LogP) is -0.129. The molecule has 1 aromatic heterocycles. The first-order valence-corrected chi connectivity index (χ1v) is 6.78. The lowest BCUT2D eigenvalue weighted by Gasteiger charge is -2.25. The van der Waals surface area contributed by atoms with E-state index in [2.05, 4.69) is 23.3 Å². The molecule has 0 unspecified atom stereocenters. The molecular weight excluding hydrogens is 266 g/mol. The van der Waals surface area contributed by atoms with Gasteiger partial charge in [-0.15, -0.1) is 0 Å². The zero-order valence-corrected chi connectivity index (χ0v) is 11.4. The van der Waals surface area contributed by atoms with Crippen molar-refractivity contribution in [3.8, 4) is 0 Å². The summed E-state index contributed by atoms with van der Waals surface area (Å²) in [4.78, 5) is 25.1. The van der Waals surface area contributed by atoms with Crippen LogP contribution in [0.2, 0.25) is 0 Å². The third kappa shape index (κ3) is 3.74. The van der Waals surface area contributed by atoms with Gasteiger partial charge in [-0.3, -0.25) is 14.5 Å². The Hall–Kier alpha value is -1.47. The fourth-order valence-electron chi connectivity index (χ4n) is 1.96. The van der Waals surface area contributed by atoms with Crippen molar-refractivity contribution in [1.82, 2.24) is 15.5 Å². The number of amides is 2. The number of nitrogens with zero attached hydrogens (tertiary/aromatic N) is 1. The summed E-state index contributed by atoms with van der Waals surface area (Å²) in [5.41, 5.74) is 0.521. The quantitative estimate of drug-likeness (QED) is 0.658. The maximum absolute atomic E-state index is 11.9. The Bertz CT molecular complexity index is 461. The maximum Gasteiger partial charge on any atom is 0.254 e. The summed E-state index contributed by atoms with van der Waals surface area (Å²) in [6, 6.07) is 1.65. The van der Waals surface area contributed by atoms with E-state index < -0.39 is 0 Å². The van der Waals surface area contributed by atoms with Crippen molar-refractivity contribution in [3.63, 3.8) is 0 Å². The van der Waals surface area contributed by atoms with Gasteiger partial charge in [0.2, 0.25) is 5.91 Å². The molecule has 1 aliphatic heterocycles. The van der Waals surface area contributed by atoms with Crippen molar-refractivity contribution in [3.05, 3.63) is 23.7 Å². The van der Waals surface area contributed by atoms with Crippen LogP contribution in [0, 0.1) is 0 Å². The Morgan fingerprint density at radius 1 is 1.58 bits per heavy atom. The van der Waals surface area contributed by atoms with Crippen LogP contribution in [-0.4, -0.2) is 48.6 Å². The molecule has 0 aromatic carbocycles. The molecule has 19 heavy (non-hydrogen) atoms. The van der Waals surface area contributed by atoms with Crippen LogP contribution in [-0.2, 0) is 11.3 Å². The zero-order chi connectivity index (χ0) is 13.7. The highest BCUT2D eigenvalue weighted by Gasteiger charge is 2.21. The van der Waals surface area contributed by atoms with Crippen LogP contribution in [0.1, 0.15) is 16.1 Å². The van der Waals surface area contributed by atoms with E-state index in [4.69, 9.17) is 4.42 Å². The van der Waals surface area contributed by atoms with Gasteiger partial charge in [0.05, 0.1) is 24.9 Å². The first kappa shape index (κ1) is 14.0. The Balaban J connectivity index is 1.98. The van der Waals surface area contributed by atoms with Gasteiger partial charge in [0.15, 0.2) is 0 Å². The fourth-order valence-corrected chi connectivity index (χ4v) is 2.07. The van der Waals surface area contributed by atoms with E-state index in [-0.39, 0.29) is 11.8 Å². The molecule has 2 N–H and O–H groups in total. The molecule has 2 amide bonds. The molecule has 0 atom stereocenters. The molecule has 1 fully saturated rings. The number of furan rings is 1. The minimum atomic E-state index is -0.167. The van der Waals surface area contributed by atoms with Crippen molar-refractivity contribution in [1.29, 1.82) is 0 Å². The number of rotatable bonds is 5. The summed E-state index contributed by atoms with van der Waals surface area (Å²) >= 11 is 4.04. The second-order valence-corrected chi connectivity index (χ2v) is 4.74. The first-order valence-electron chi connectivity index (χ1n) is 6.15. The smallest absolute Gasteiger partial charge is 0.254 e. The molecule has 1 saturated heterocycles. The number of hydrogen-bond acceptors (Lipinski definition) is 5. The predicted molar refractivity (Wildman–Crippen MR) is 73.2 cm³/mol. The monoisotopic (exact) mass is 283 g/mol. The highest BCUT2D eigenvalue weighted by Crippen LogP contribution is 2.14. The van der Waals surface area contributed by atoms with E-state index >= 15 is 0 Å². The minimum Gasteiger partial charge on any atom is -0.467 e. The van der Waals surface area contributed by atoms with Crippen LogP contribution in [0.15, 0.2) is 16.7 Å². The molecule has 7 heteroatoms. The van der Waals surface area contributed by atoms with Crippen molar-refractivity contribution in [2.45, 2.75) is 6.54 Å². The van der Waals surface area contributed by atoms with E-state index in [1.54, 1.807) is 6.07 Å². The number of piperazine rings is 1. The maximum atomic E-state index is 11.9. The highest BCUT2D eigenvalue weighted by molar-refractivity contribution is 7.80. The molecule has 0 aliphatic carbocycles. The standard InChI is InChI=1S/C12H17N3O3S/c16-11-8-15(4-2-13-11)7-10-9(1-5-18-10)12(17)14-3-6-19/h1,5,19H,2-4,6-8H2,(H,13,16)(H,14,17). The van der Waals surface area contributed by atoms with Gasteiger partial charge >= 0.3 is 0 Å². The molecule has 2 heterocycles. The van der Waals surface area contributed by atoms with Crippen LogP contribution < -0.4 is 10.6 Å². The lowest BCUT2D eigenvalue weighted by Crippen LogP contribution is -2.47. The number of thiol groups is 1. The molecule has 0 saturated carbocycles. The Morgan fingerprint density at radius 3 is 3.16 bits per heavy atom. The first-order chi connectivity index (χ1) is 9.20. The van der Waals surface area contributed by atoms with Crippen molar-refractivity contribution < 1.29 is 14.0 Å². The van der Waals surface area contributed by atoms with Gasteiger partial charge in [-0.05, 0) is 6.07 Å². The van der Waals surface area contributed by atoms with E-state index in [1.807, 2.05) is 4.90 Å². The molecule has 2 rings (SSSR count). The van der Waals surface area contributed by atoms with Gasteiger partial charge in [-0.2, -0.15) is 12.6 Å². The lowest BCUT2D eigenvalue weighted by atomic mass is 10.2. The third-order valence-electron chi connectivity index (χ3n) is 2.87. The SMILES string of the molecule is O=C1CN(Cc2occc2C(=O)NCCS)CCN1. The summed E-state index contributed by atoms with van der Waals surface area (Å²) in [5.74, 6) is 1.01. The van der Waals surface area contributed by atoms with Crippen LogP contribution in [0.4, 0.5) is 0 Å². The number of nitrogens with one attached hydrogen (secondary N) is 2. The Kier molecular flexibility index (Phi) is 4.86. The topological polar surface area (TPSA) is 74.6 Å². The van der Waals surface area contributed by atoms with Gasteiger partial charge in [0, 0.05) is 25.4 Å². The van der Waals surface area contributed by atoms with Crippen LogP contribution >= 0.6 is 12.6 Å². The largest absolute Gasteiger partial charge is 0.467 e. The van der Waals surface area contributed by atoms with E-state index in [0.29, 0.717) is 43.3 Å². The average Bonchev–Trinajstić information content (AvgIpc) is 2.84. The number of carbonyl (C=O) groups excluding carboxylic acids is 2. The molecule has 0 radical (unpaired) electrons. The van der Waals surface area contributed by atoms with Crippen molar-refractivity contribution in [2.75, 3.05) is 31.9 Å². The van der Waals surface area contributed by atoms with Gasteiger partial charge in [-0.25, -0.2) is 0 Å². The van der Waals surface area contributed by atoms with Crippen molar-refractivity contribution in [2.24, 2.45) is 0 Å². The van der Waals surface area contributed by atoms with Crippen LogP contribution in [0.5, 0.6) is 0 Å². The van der Waals surface area contributed by atoms with Crippen LogP contribution in [0.25, 0.3) is 0 Å². The van der Waals surface area contributed by atoms with Gasteiger partial charge < -0.3 is 15.1 Å². The summed E-state index contributed by atoms with van der Waals surface area (Å²) in [7, 11) is 0. The summed E-state index contributed by atoms with van der Waals surface area (Å²) in [6.07, 6.45) is 1.50. The van der Waals surface area contributed by atoms with E-state index in [0.717, 1.165) is 6.54 Å². The normalized spacial score (nSPS) is 16.2. The van der Waals surface area contributed by atoms with Gasteiger partial charge in [0.1, 0.15) is 5.76 Å². The molecule has 0 bridgehead atoms. The molecule has 1 aromatic rings. The number of hydrogen-bond donors (Lipinski definition) is 3. The Morgan fingerprint density at radius 2 is 2.42 bits per heavy atom. The summed E-state index contributed by atoms with van der Waals surface area (Å²) in [6.45, 7) is 2.69. The van der Waals surface area contributed by atoms with Gasteiger partial charge in [0.25, 0.3) is 5.91 Å². The van der Waals surface area contributed by atoms with E-state index in [9.17, 15) is 9.59 Å². The van der Waals surface area contributed by atoms with Crippen molar-refractivity contribution >= 4 is 24.4 Å². The zero-order valence-electron chi connectivity index (χ0n) is 10.5. The third-order valence-corrected chi connectivity index (χ3v) is 3.10. The number of carbonyl (C=O) groups is 2. The second kappa shape index (κ2) is 6.63.